The first kappa shape index (κ1) is 14.2. The largest absolute Gasteiger partial charge is 0.350 e. The lowest BCUT2D eigenvalue weighted by molar-refractivity contribution is -0.123. The number of nitrogens with zero attached hydrogens (tertiary/aromatic N) is 2. The molecule has 0 aliphatic carbocycles. The van der Waals surface area contributed by atoms with E-state index in [9.17, 15) is 9.18 Å². The molecular weight excluding hydrogens is 259 g/mol. The standard InChI is InChI=1S/C14H17FN4O/c1-16-13(11-8-18-19(2)9-11)14(20)17-7-10-4-3-5-12(15)6-10/h3-6,8-9,13,16H,7H2,1-2H3,(H,17,20). The SMILES string of the molecule is CNC(C(=O)NCc1cccc(F)c1)c1cnn(C)c1. The van der Waals surface area contributed by atoms with Crippen molar-refractivity contribution in [3.05, 3.63) is 53.6 Å². The summed E-state index contributed by atoms with van der Waals surface area (Å²) in [7, 11) is 3.50. The molecule has 1 atom stereocenters. The van der Waals surface area contributed by atoms with E-state index >= 15 is 0 Å². The molecule has 1 aromatic heterocycles. The van der Waals surface area contributed by atoms with Gasteiger partial charge in [-0.3, -0.25) is 9.48 Å². The predicted octanol–water partition coefficient (Wildman–Crippen LogP) is 1.14. The Hall–Kier alpha value is -2.21. The third kappa shape index (κ3) is 3.42. The second-order valence-electron chi connectivity index (χ2n) is 4.52. The lowest BCUT2D eigenvalue weighted by Crippen LogP contribution is -2.35. The van der Waals surface area contributed by atoms with Gasteiger partial charge in [0.1, 0.15) is 11.9 Å². The van der Waals surface area contributed by atoms with Gasteiger partial charge in [-0.25, -0.2) is 4.39 Å². The Balaban J connectivity index is 1.99. The molecule has 0 aliphatic heterocycles. The number of aromatic nitrogens is 2. The highest BCUT2D eigenvalue weighted by Crippen LogP contribution is 2.11. The minimum absolute atomic E-state index is 0.176. The van der Waals surface area contributed by atoms with Gasteiger partial charge in [0.25, 0.3) is 0 Å². The summed E-state index contributed by atoms with van der Waals surface area (Å²) in [4.78, 5) is 12.1. The van der Waals surface area contributed by atoms with Gasteiger partial charge in [0.15, 0.2) is 0 Å². The molecule has 0 saturated heterocycles. The van der Waals surface area contributed by atoms with Gasteiger partial charge in [0, 0.05) is 25.4 Å². The number of hydrogen-bond donors (Lipinski definition) is 2. The minimum atomic E-state index is -0.475. The fourth-order valence-electron chi connectivity index (χ4n) is 1.98. The van der Waals surface area contributed by atoms with Crippen molar-refractivity contribution in [3.63, 3.8) is 0 Å². The number of carbonyl (C=O) groups is 1. The molecule has 1 amide bonds. The average Bonchev–Trinajstić information content (AvgIpc) is 2.84. The van der Waals surface area contributed by atoms with E-state index in [0.29, 0.717) is 0 Å². The number of rotatable bonds is 5. The van der Waals surface area contributed by atoms with E-state index in [0.717, 1.165) is 11.1 Å². The number of amides is 1. The van der Waals surface area contributed by atoms with Crippen LogP contribution in [0, 0.1) is 5.82 Å². The van der Waals surface area contributed by atoms with Crippen molar-refractivity contribution in [1.82, 2.24) is 20.4 Å². The molecule has 5 nitrogen and oxygen atoms in total. The second-order valence-corrected chi connectivity index (χ2v) is 4.52. The van der Waals surface area contributed by atoms with Crippen molar-refractivity contribution >= 4 is 5.91 Å². The van der Waals surface area contributed by atoms with E-state index in [1.54, 1.807) is 43.3 Å². The molecule has 1 aromatic carbocycles. The van der Waals surface area contributed by atoms with Crippen LogP contribution in [0.1, 0.15) is 17.2 Å². The molecule has 0 aliphatic rings. The van der Waals surface area contributed by atoms with E-state index in [1.165, 1.54) is 12.1 Å². The molecular formula is C14H17FN4O. The topological polar surface area (TPSA) is 59.0 Å². The van der Waals surface area contributed by atoms with Gasteiger partial charge in [-0.1, -0.05) is 12.1 Å². The van der Waals surface area contributed by atoms with Crippen molar-refractivity contribution < 1.29 is 9.18 Å². The van der Waals surface area contributed by atoms with Gasteiger partial charge in [-0.2, -0.15) is 5.10 Å². The molecule has 1 heterocycles. The first-order valence-corrected chi connectivity index (χ1v) is 6.28. The number of hydrogen-bond acceptors (Lipinski definition) is 3. The van der Waals surface area contributed by atoms with Crippen LogP contribution in [-0.4, -0.2) is 22.7 Å². The van der Waals surface area contributed by atoms with E-state index in [2.05, 4.69) is 15.7 Å². The number of nitrogens with one attached hydrogen (secondary N) is 2. The predicted molar refractivity (Wildman–Crippen MR) is 73.3 cm³/mol. The first-order valence-electron chi connectivity index (χ1n) is 6.28. The average molecular weight is 276 g/mol. The Morgan fingerprint density at radius 3 is 2.90 bits per heavy atom. The summed E-state index contributed by atoms with van der Waals surface area (Å²) in [5, 5.41) is 9.76. The Kier molecular flexibility index (Phi) is 4.47. The summed E-state index contributed by atoms with van der Waals surface area (Å²) in [6.45, 7) is 0.287. The maximum Gasteiger partial charge on any atom is 0.242 e. The highest BCUT2D eigenvalue weighted by molar-refractivity contribution is 5.82. The Morgan fingerprint density at radius 1 is 1.50 bits per heavy atom. The minimum Gasteiger partial charge on any atom is -0.350 e. The van der Waals surface area contributed by atoms with Crippen LogP contribution < -0.4 is 10.6 Å². The molecule has 0 spiro atoms. The summed E-state index contributed by atoms with van der Waals surface area (Å²) >= 11 is 0. The van der Waals surface area contributed by atoms with Crippen molar-refractivity contribution in [2.75, 3.05) is 7.05 Å². The fourth-order valence-corrected chi connectivity index (χ4v) is 1.98. The van der Waals surface area contributed by atoms with Gasteiger partial charge < -0.3 is 10.6 Å². The molecule has 0 bridgehead atoms. The lowest BCUT2D eigenvalue weighted by Gasteiger charge is -2.14. The zero-order valence-corrected chi connectivity index (χ0v) is 11.4. The maximum absolute atomic E-state index is 13.0. The van der Waals surface area contributed by atoms with Crippen LogP contribution in [0.25, 0.3) is 0 Å². The first-order chi connectivity index (χ1) is 9.60. The third-order valence-corrected chi connectivity index (χ3v) is 2.96. The highest BCUT2D eigenvalue weighted by atomic mass is 19.1. The van der Waals surface area contributed by atoms with Crippen LogP contribution in [-0.2, 0) is 18.4 Å². The Labute approximate surface area is 116 Å². The Morgan fingerprint density at radius 2 is 2.30 bits per heavy atom. The summed E-state index contributed by atoms with van der Waals surface area (Å²) in [5.41, 5.74) is 1.51. The number of likely N-dealkylation sites (N-methyl/N-ethyl adjacent to an activating group) is 1. The molecule has 106 valence electrons. The van der Waals surface area contributed by atoms with Crippen LogP contribution in [0.3, 0.4) is 0 Å². The zero-order valence-electron chi connectivity index (χ0n) is 11.4. The van der Waals surface area contributed by atoms with Gasteiger partial charge in [0.05, 0.1) is 6.20 Å². The number of benzene rings is 1. The van der Waals surface area contributed by atoms with Gasteiger partial charge >= 0.3 is 0 Å². The second kappa shape index (κ2) is 6.29. The molecule has 0 radical (unpaired) electrons. The fraction of sp³-hybridized carbons (Fsp3) is 0.286. The number of halogens is 1. The highest BCUT2D eigenvalue weighted by Gasteiger charge is 2.19. The van der Waals surface area contributed by atoms with Gasteiger partial charge in [-0.15, -0.1) is 0 Å². The van der Waals surface area contributed by atoms with E-state index in [1.807, 2.05) is 0 Å². The normalized spacial score (nSPS) is 12.2. The van der Waals surface area contributed by atoms with E-state index < -0.39 is 6.04 Å². The van der Waals surface area contributed by atoms with Gasteiger partial charge in [-0.05, 0) is 24.7 Å². The molecule has 2 N–H and O–H groups in total. The van der Waals surface area contributed by atoms with Crippen molar-refractivity contribution in [2.24, 2.45) is 7.05 Å². The van der Waals surface area contributed by atoms with Crippen molar-refractivity contribution in [3.8, 4) is 0 Å². The lowest BCUT2D eigenvalue weighted by atomic mass is 10.1. The maximum atomic E-state index is 13.0. The third-order valence-electron chi connectivity index (χ3n) is 2.96. The number of aryl methyl sites for hydroxylation is 1. The summed E-state index contributed by atoms with van der Waals surface area (Å²) in [6.07, 6.45) is 3.42. The summed E-state index contributed by atoms with van der Waals surface area (Å²) < 4.78 is 14.7. The zero-order chi connectivity index (χ0) is 14.5. The number of carbonyl (C=O) groups excluding carboxylic acids is 1. The molecule has 6 heteroatoms. The molecule has 2 rings (SSSR count). The van der Waals surface area contributed by atoms with Crippen LogP contribution in [0.4, 0.5) is 4.39 Å². The molecule has 2 aromatic rings. The van der Waals surface area contributed by atoms with Crippen molar-refractivity contribution in [2.45, 2.75) is 12.6 Å². The summed E-state index contributed by atoms with van der Waals surface area (Å²) in [6, 6.07) is 5.68. The monoisotopic (exact) mass is 276 g/mol. The van der Waals surface area contributed by atoms with Gasteiger partial charge in [0.2, 0.25) is 5.91 Å². The Bertz CT molecular complexity index is 596. The molecule has 20 heavy (non-hydrogen) atoms. The van der Waals surface area contributed by atoms with Crippen LogP contribution in [0.5, 0.6) is 0 Å². The smallest absolute Gasteiger partial charge is 0.242 e. The van der Waals surface area contributed by atoms with E-state index in [4.69, 9.17) is 0 Å². The van der Waals surface area contributed by atoms with E-state index in [-0.39, 0.29) is 18.3 Å². The molecule has 0 saturated carbocycles. The molecule has 0 fully saturated rings. The van der Waals surface area contributed by atoms with Crippen LogP contribution in [0.2, 0.25) is 0 Å². The van der Waals surface area contributed by atoms with Crippen LogP contribution in [0.15, 0.2) is 36.7 Å². The van der Waals surface area contributed by atoms with Crippen molar-refractivity contribution in [1.29, 1.82) is 0 Å². The summed E-state index contributed by atoms with van der Waals surface area (Å²) in [5.74, 6) is -0.487. The quantitative estimate of drug-likeness (QED) is 0.861. The molecule has 1 unspecified atom stereocenters. The van der Waals surface area contributed by atoms with Crippen LogP contribution >= 0.6 is 0 Å².